The first-order valence-electron chi connectivity index (χ1n) is 6.29. The van der Waals surface area contributed by atoms with Crippen molar-refractivity contribution in [3.05, 3.63) is 11.9 Å². The Bertz CT molecular complexity index is 372. The molecule has 1 heterocycles. The molecule has 1 amide bonds. The number of hydrogen-bond acceptors (Lipinski definition) is 4. The summed E-state index contributed by atoms with van der Waals surface area (Å²) < 4.78 is 1.72. The van der Waals surface area contributed by atoms with E-state index in [-0.39, 0.29) is 5.91 Å². The fourth-order valence-electron chi connectivity index (χ4n) is 1.45. The highest BCUT2D eigenvalue weighted by atomic mass is 16.2. The molecule has 1 rings (SSSR count). The minimum absolute atomic E-state index is 0.102. The molecular weight excluding hydrogens is 230 g/mol. The van der Waals surface area contributed by atoms with E-state index in [0.29, 0.717) is 18.9 Å². The third-order valence-electron chi connectivity index (χ3n) is 2.50. The van der Waals surface area contributed by atoms with Crippen LogP contribution < -0.4 is 5.32 Å². The molecule has 1 aromatic heterocycles. The van der Waals surface area contributed by atoms with Crippen LogP contribution in [0.4, 0.5) is 0 Å². The van der Waals surface area contributed by atoms with Crippen molar-refractivity contribution in [1.29, 1.82) is 0 Å². The topological polar surface area (TPSA) is 63.1 Å². The average Bonchev–Trinajstić information content (AvgIpc) is 2.73. The van der Waals surface area contributed by atoms with E-state index in [9.17, 15) is 4.79 Å². The Morgan fingerprint density at radius 1 is 1.50 bits per heavy atom. The van der Waals surface area contributed by atoms with Crippen LogP contribution in [0.3, 0.4) is 0 Å². The summed E-state index contributed by atoms with van der Waals surface area (Å²) in [7, 11) is 3.51. The molecule has 0 unspecified atom stereocenters. The standard InChI is InChI=1S/C12H23N5O/c1-10(2)7-13-8-11-9-17(15-14-11)6-5-12(18)16(3)4/h9-10,13H,5-8H2,1-4H3. The Labute approximate surface area is 108 Å². The smallest absolute Gasteiger partial charge is 0.223 e. The first-order valence-corrected chi connectivity index (χ1v) is 6.29. The van der Waals surface area contributed by atoms with Gasteiger partial charge in [-0.05, 0) is 12.5 Å². The lowest BCUT2D eigenvalue weighted by Gasteiger charge is -2.09. The maximum Gasteiger partial charge on any atom is 0.223 e. The summed E-state index contributed by atoms with van der Waals surface area (Å²) in [6.45, 7) is 6.59. The van der Waals surface area contributed by atoms with Crippen LogP contribution in [0.2, 0.25) is 0 Å². The van der Waals surface area contributed by atoms with Crippen molar-refractivity contribution in [3.63, 3.8) is 0 Å². The molecule has 1 aromatic rings. The van der Waals surface area contributed by atoms with Crippen molar-refractivity contribution in [2.45, 2.75) is 33.4 Å². The zero-order valence-electron chi connectivity index (χ0n) is 11.7. The van der Waals surface area contributed by atoms with Gasteiger partial charge in [0.1, 0.15) is 0 Å². The van der Waals surface area contributed by atoms with Crippen LogP contribution in [0, 0.1) is 5.92 Å². The Kier molecular flexibility index (Phi) is 5.77. The van der Waals surface area contributed by atoms with Gasteiger partial charge >= 0.3 is 0 Å². The summed E-state index contributed by atoms with van der Waals surface area (Å²) in [5.74, 6) is 0.725. The van der Waals surface area contributed by atoms with Gasteiger partial charge in [0.15, 0.2) is 0 Å². The summed E-state index contributed by atoms with van der Waals surface area (Å²) in [5.41, 5.74) is 0.910. The summed E-state index contributed by atoms with van der Waals surface area (Å²) in [6.07, 6.45) is 2.34. The second-order valence-corrected chi connectivity index (χ2v) is 5.04. The van der Waals surface area contributed by atoms with Crippen molar-refractivity contribution < 1.29 is 4.79 Å². The van der Waals surface area contributed by atoms with Crippen molar-refractivity contribution in [2.24, 2.45) is 5.92 Å². The molecule has 18 heavy (non-hydrogen) atoms. The predicted molar refractivity (Wildman–Crippen MR) is 69.9 cm³/mol. The third kappa shape index (κ3) is 5.27. The molecule has 1 N–H and O–H groups in total. The summed E-state index contributed by atoms with van der Waals surface area (Å²) in [5, 5.41) is 11.4. The van der Waals surface area contributed by atoms with Crippen molar-refractivity contribution in [3.8, 4) is 0 Å². The maximum absolute atomic E-state index is 11.4. The molecule has 6 heteroatoms. The lowest BCUT2D eigenvalue weighted by atomic mass is 10.2. The number of aryl methyl sites for hydroxylation is 1. The molecule has 0 atom stereocenters. The van der Waals surface area contributed by atoms with Crippen LogP contribution in [-0.2, 0) is 17.9 Å². The van der Waals surface area contributed by atoms with Gasteiger partial charge in [0.05, 0.1) is 12.2 Å². The van der Waals surface area contributed by atoms with Crippen LogP contribution in [0.1, 0.15) is 26.0 Å². The minimum Gasteiger partial charge on any atom is -0.349 e. The molecule has 0 saturated heterocycles. The fraction of sp³-hybridized carbons (Fsp3) is 0.750. The van der Waals surface area contributed by atoms with Gasteiger partial charge in [0.2, 0.25) is 5.91 Å². The van der Waals surface area contributed by atoms with Crippen molar-refractivity contribution in [1.82, 2.24) is 25.2 Å². The zero-order valence-corrected chi connectivity index (χ0v) is 11.7. The highest BCUT2D eigenvalue weighted by Gasteiger charge is 2.06. The second kappa shape index (κ2) is 7.10. The molecule has 0 radical (unpaired) electrons. The van der Waals surface area contributed by atoms with E-state index in [1.165, 1.54) is 0 Å². The predicted octanol–water partition coefficient (Wildman–Crippen LogP) is 0.502. The number of carbonyl (C=O) groups excluding carboxylic acids is 1. The summed E-state index contributed by atoms with van der Waals surface area (Å²) in [6, 6.07) is 0. The van der Waals surface area contributed by atoms with E-state index < -0.39 is 0 Å². The van der Waals surface area contributed by atoms with E-state index in [2.05, 4.69) is 29.5 Å². The minimum atomic E-state index is 0.102. The average molecular weight is 253 g/mol. The lowest BCUT2D eigenvalue weighted by Crippen LogP contribution is -2.23. The second-order valence-electron chi connectivity index (χ2n) is 5.04. The summed E-state index contributed by atoms with van der Waals surface area (Å²) in [4.78, 5) is 13.0. The summed E-state index contributed by atoms with van der Waals surface area (Å²) >= 11 is 0. The number of amides is 1. The largest absolute Gasteiger partial charge is 0.349 e. The molecule has 0 aromatic carbocycles. The van der Waals surface area contributed by atoms with Crippen molar-refractivity contribution >= 4 is 5.91 Å². The maximum atomic E-state index is 11.4. The molecule has 0 aliphatic carbocycles. The van der Waals surface area contributed by atoms with E-state index in [0.717, 1.165) is 18.8 Å². The van der Waals surface area contributed by atoms with E-state index in [1.54, 1.807) is 23.7 Å². The van der Waals surface area contributed by atoms with E-state index in [4.69, 9.17) is 0 Å². The highest BCUT2D eigenvalue weighted by Crippen LogP contribution is 1.97. The van der Waals surface area contributed by atoms with Gasteiger partial charge in [-0.15, -0.1) is 5.10 Å². The SMILES string of the molecule is CC(C)CNCc1cn(CCC(=O)N(C)C)nn1. The van der Waals surface area contributed by atoms with E-state index in [1.807, 2.05) is 6.20 Å². The zero-order chi connectivity index (χ0) is 13.5. The normalized spacial score (nSPS) is 10.9. The number of carbonyl (C=O) groups is 1. The fourth-order valence-corrected chi connectivity index (χ4v) is 1.45. The molecule has 102 valence electrons. The Balaban J connectivity index is 2.32. The van der Waals surface area contributed by atoms with Crippen LogP contribution in [0.25, 0.3) is 0 Å². The molecule has 0 aliphatic heterocycles. The number of nitrogens with zero attached hydrogens (tertiary/aromatic N) is 4. The molecule has 0 spiro atoms. The van der Waals surface area contributed by atoms with Gasteiger partial charge in [-0.1, -0.05) is 19.1 Å². The monoisotopic (exact) mass is 253 g/mol. The van der Waals surface area contributed by atoms with Gasteiger partial charge in [0.25, 0.3) is 0 Å². The Morgan fingerprint density at radius 3 is 2.83 bits per heavy atom. The van der Waals surface area contributed by atoms with E-state index >= 15 is 0 Å². The number of nitrogens with one attached hydrogen (secondary N) is 1. The van der Waals surface area contributed by atoms with Gasteiger partial charge in [-0.2, -0.15) is 0 Å². The molecule has 0 aliphatic rings. The van der Waals surface area contributed by atoms with Crippen molar-refractivity contribution in [2.75, 3.05) is 20.6 Å². The Morgan fingerprint density at radius 2 is 2.22 bits per heavy atom. The number of aromatic nitrogens is 3. The Hall–Kier alpha value is -1.43. The highest BCUT2D eigenvalue weighted by molar-refractivity contribution is 5.75. The number of rotatable bonds is 7. The quantitative estimate of drug-likeness (QED) is 0.768. The van der Waals surface area contributed by atoms with Crippen LogP contribution in [0.5, 0.6) is 0 Å². The lowest BCUT2D eigenvalue weighted by molar-refractivity contribution is -0.128. The van der Waals surface area contributed by atoms with Gasteiger partial charge in [-0.25, -0.2) is 0 Å². The molecule has 0 saturated carbocycles. The van der Waals surface area contributed by atoms with Crippen LogP contribution >= 0.6 is 0 Å². The van der Waals surface area contributed by atoms with Gasteiger partial charge in [0, 0.05) is 33.3 Å². The van der Waals surface area contributed by atoms with Gasteiger partial charge < -0.3 is 10.2 Å². The first kappa shape index (κ1) is 14.6. The van der Waals surface area contributed by atoms with Gasteiger partial charge in [-0.3, -0.25) is 9.48 Å². The molecular formula is C12H23N5O. The molecule has 0 fully saturated rings. The van der Waals surface area contributed by atoms with Crippen LogP contribution in [-0.4, -0.2) is 46.4 Å². The third-order valence-corrected chi connectivity index (χ3v) is 2.50. The number of hydrogen-bond donors (Lipinski definition) is 1. The van der Waals surface area contributed by atoms with Crippen LogP contribution in [0.15, 0.2) is 6.20 Å². The first-order chi connectivity index (χ1) is 8.49. The molecule has 0 bridgehead atoms. The molecule has 6 nitrogen and oxygen atoms in total.